The first-order chi connectivity index (χ1) is 11.3. The minimum atomic E-state index is 0.129. The normalized spacial score (nSPS) is 18.3. The third kappa shape index (κ3) is 6.51. The Bertz CT molecular complexity index is 420. The SMILES string of the molecule is CCCC/C=C(B(OC)C(C)(C)C(C)C)/C(I)=C/C1CCCCC1. The Hall–Kier alpha value is 0.235. The standard InChI is InChI=1S/C21H38BIO/c1-7-8-10-15-19(22(24-6)21(4,5)17(2)3)20(23)16-18-13-11-9-12-14-18/h15-18H,7-14H2,1-6H3/b19-15-,20-16-. The molecule has 0 aromatic heterocycles. The molecule has 24 heavy (non-hydrogen) atoms. The summed E-state index contributed by atoms with van der Waals surface area (Å²) in [6.07, 6.45) is 15.6. The van der Waals surface area contributed by atoms with Crippen LogP contribution in [0.3, 0.4) is 0 Å². The van der Waals surface area contributed by atoms with E-state index in [0.717, 1.165) is 12.3 Å². The topological polar surface area (TPSA) is 9.23 Å². The summed E-state index contributed by atoms with van der Waals surface area (Å²) < 4.78 is 7.49. The first-order valence-corrected chi connectivity index (χ1v) is 11.0. The van der Waals surface area contributed by atoms with E-state index >= 15 is 0 Å². The van der Waals surface area contributed by atoms with Gasteiger partial charge in [0.2, 0.25) is 0 Å². The lowest BCUT2D eigenvalue weighted by molar-refractivity contribution is 0.353. The molecule has 1 nitrogen and oxygen atoms in total. The molecule has 0 amide bonds. The third-order valence-electron chi connectivity index (χ3n) is 5.91. The largest absolute Gasteiger partial charge is 0.433 e. The lowest BCUT2D eigenvalue weighted by Crippen LogP contribution is -2.36. The van der Waals surface area contributed by atoms with E-state index in [2.05, 4.69) is 69.4 Å². The Labute approximate surface area is 165 Å². The summed E-state index contributed by atoms with van der Waals surface area (Å²) in [6, 6.07) is 0. The predicted molar refractivity (Wildman–Crippen MR) is 118 cm³/mol. The van der Waals surface area contributed by atoms with Crippen LogP contribution in [-0.2, 0) is 4.65 Å². The molecule has 0 radical (unpaired) electrons. The molecule has 0 N–H and O–H groups in total. The molecule has 0 aliphatic heterocycles. The summed E-state index contributed by atoms with van der Waals surface area (Å²) in [4.78, 5) is 0. The van der Waals surface area contributed by atoms with E-state index in [9.17, 15) is 0 Å². The van der Waals surface area contributed by atoms with Crippen LogP contribution >= 0.6 is 22.6 Å². The predicted octanol–water partition coefficient (Wildman–Crippen LogP) is 7.62. The highest BCUT2D eigenvalue weighted by Crippen LogP contribution is 2.43. The fourth-order valence-electron chi connectivity index (χ4n) is 3.53. The molecular formula is C21H38BIO. The Kier molecular flexibility index (Phi) is 10.3. The van der Waals surface area contributed by atoms with Crippen molar-refractivity contribution in [3.8, 4) is 0 Å². The Morgan fingerprint density at radius 2 is 1.88 bits per heavy atom. The molecule has 0 saturated heterocycles. The zero-order valence-electron chi connectivity index (χ0n) is 16.8. The minimum Gasteiger partial charge on any atom is -0.433 e. The van der Waals surface area contributed by atoms with Crippen molar-refractivity contribution >= 4 is 29.5 Å². The maximum absolute atomic E-state index is 6.07. The molecule has 0 aromatic rings. The highest BCUT2D eigenvalue weighted by Gasteiger charge is 2.40. The van der Waals surface area contributed by atoms with Crippen LogP contribution in [0.4, 0.5) is 0 Å². The van der Waals surface area contributed by atoms with Crippen LogP contribution in [0.2, 0.25) is 5.31 Å². The van der Waals surface area contributed by atoms with Crippen LogP contribution in [-0.4, -0.2) is 14.0 Å². The number of rotatable bonds is 9. The lowest BCUT2D eigenvalue weighted by Gasteiger charge is -2.36. The second kappa shape index (κ2) is 11.1. The van der Waals surface area contributed by atoms with Crippen molar-refractivity contribution in [2.75, 3.05) is 7.11 Å². The van der Waals surface area contributed by atoms with Crippen molar-refractivity contribution in [3.05, 3.63) is 21.2 Å². The van der Waals surface area contributed by atoms with Crippen LogP contribution in [0.15, 0.2) is 21.2 Å². The van der Waals surface area contributed by atoms with Crippen LogP contribution in [0.5, 0.6) is 0 Å². The number of allylic oxidation sites excluding steroid dienone is 4. The summed E-state index contributed by atoms with van der Waals surface area (Å²) >= 11 is 2.57. The van der Waals surface area contributed by atoms with Gasteiger partial charge in [0.05, 0.1) is 0 Å². The minimum absolute atomic E-state index is 0.129. The van der Waals surface area contributed by atoms with E-state index in [1.165, 1.54) is 54.0 Å². The summed E-state index contributed by atoms with van der Waals surface area (Å²) in [5.74, 6) is 1.34. The molecule has 1 saturated carbocycles. The van der Waals surface area contributed by atoms with Crippen molar-refractivity contribution in [1.82, 2.24) is 0 Å². The fraction of sp³-hybridized carbons (Fsp3) is 0.810. The Morgan fingerprint density at radius 3 is 2.38 bits per heavy atom. The zero-order chi connectivity index (χ0) is 18.2. The van der Waals surface area contributed by atoms with Gasteiger partial charge in [-0.15, -0.1) is 0 Å². The van der Waals surface area contributed by atoms with Crippen molar-refractivity contribution in [1.29, 1.82) is 0 Å². The summed E-state index contributed by atoms with van der Waals surface area (Å²) in [6.45, 7) is 11.8. The highest BCUT2D eigenvalue weighted by atomic mass is 127. The van der Waals surface area contributed by atoms with Gasteiger partial charge in [-0.3, -0.25) is 0 Å². The fourth-order valence-corrected chi connectivity index (χ4v) is 4.54. The van der Waals surface area contributed by atoms with Gasteiger partial charge in [-0.2, -0.15) is 0 Å². The molecule has 1 rings (SSSR count). The lowest BCUT2D eigenvalue weighted by atomic mass is 9.39. The summed E-state index contributed by atoms with van der Waals surface area (Å²) in [7, 11) is 1.88. The number of halogens is 1. The first kappa shape index (κ1) is 22.3. The molecule has 0 bridgehead atoms. The molecule has 0 aromatic carbocycles. The van der Waals surface area contributed by atoms with Gasteiger partial charge in [0.1, 0.15) is 0 Å². The molecule has 1 aliphatic rings. The Balaban J connectivity index is 3.08. The van der Waals surface area contributed by atoms with Crippen molar-refractivity contribution in [3.63, 3.8) is 0 Å². The molecule has 1 aliphatic carbocycles. The third-order valence-corrected chi connectivity index (χ3v) is 6.89. The maximum atomic E-state index is 6.07. The zero-order valence-corrected chi connectivity index (χ0v) is 19.0. The molecule has 138 valence electrons. The molecular weight excluding hydrogens is 406 g/mol. The van der Waals surface area contributed by atoms with E-state index < -0.39 is 0 Å². The average Bonchev–Trinajstić information content (AvgIpc) is 2.54. The summed E-state index contributed by atoms with van der Waals surface area (Å²) in [5, 5.41) is 0.129. The van der Waals surface area contributed by atoms with E-state index in [4.69, 9.17) is 4.65 Å². The van der Waals surface area contributed by atoms with Crippen LogP contribution < -0.4 is 0 Å². The van der Waals surface area contributed by atoms with E-state index in [0.29, 0.717) is 5.92 Å². The van der Waals surface area contributed by atoms with E-state index in [1.54, 1.807) is 0 Å². The number of hydrogen-bond acceptors (Lipinski definition) is 1. The molecule has 0 unspecified atom stereocenters. The number of unbranched alkanes of at least 4 members (excludes halogenated alkanes) is 2. The van der Waals surface area contributed by atoms with Gasteiger partial charge in [0, 0.05) is 10.7 Å². The van der Waals surface area contributed by atoms with Crippen molar-refractivity contribution in [2.45, 2.75) is 91.3 Å². The van der Waals surface area contributed by atoms with Gasteiger partial charge >= 0.3 is 6.92 Å². The van der Waals surface area contributed by atoms with Gasteiger partial charge < -0.3 is 4.65 Å². The monoisotopic (exact) mass is 444 g/mol. The van der Waals surface area contributed by atoms with Gasteiger partial charge in [-0.1, -0.05) is 78.9 Å². The second-order valence-corrected chi connectivity index (χ2v) is 9.47. The van der Waals surface area contributed by atoms with Crippen LogP contribution in [0.25, 0.3) is 0 Å². The molecule has 1 fully saturated rings. The average molecular weight is 444 g/mol. The van der Waals surface area contributed by atoms with Crippen LogP contribution in [0.1, 0.15) is 86.0 Å². The van der Waals surface area contributed by atoms with E-state index in [1.807, 2.05) is 7.11 Å². The quantitative estimate of drug-likeness (QED) is 0.154. The van der Waals surface area contributed by atoms with Gasteiger partial charge in [0.25, 0.3) is 0 Å². The number of hydrogen-bond donors (Lipinski definition) is 0. The molecule has 0 spiro atoms. The second-order valence-electron chi connectivity index (χ2n) is 8.31. The maximum Gasteiger partial charge on any atom is 0.333 e. The van der Waals surface area contributed by atoms with Crippen molar-refractivity contribution in [2.24, 2.45) is 11.8 Å². The molecule has 3 heteroatoms. The molecule has 0 atom stereocenters. The molecule has 0 heterocycles. The smallest absolute Gasteiger partial charge is 0.333 e. The Morgan fingerprint density at radius 1 is 1.25 bits per heavy atom. The van der Waals surface area contributed by atoms with Crippen molar-refractivity contribution < 1.29 is 4.65 Å². The first-order valence-electron chi connectivity index (χ1n) is 9.95. The van der Waals surface area contributed by atoms with Gasteiger partial charge in [-0.25, -0.2) is 0 Å². The van der Waals surface area contributed by atoms with Crippen LogP contribution in [0, 0.1) is 11.8 Å². The summed E-state index contributed by atoms with van der Waals surface area (Å²) in [5.41, 5.74) is 1.43. The highest BCUT2D eigenvalue weighted by molar-refractivity contribution is 14.1. The van der Waals surface area contributed by atoms with Gasteiger partial charge in [0.15, 0.2) is 0 Å². The van der Waals surface area contributed by atoms with E-state index in [-0.39, 0.29) is 12.2 Å². The van der Waals surface area contributed by atoms with Gasteiger partial charge in [-0.05, 0) is 64.5 Å².